The Labute approximate surface area is 127 Å². The maximum atomic E-state index is 5.78. The molecule has 0 radical (unpaired) electrons. The number of hydrogen-bond acceptors (Lipinski definition) is 4. The lowest BCUT2D eigenvalue weighted by molar-refractivity contribution is 0.414. The molecule has 0 amide bonds. The summed E-state index contributed by atoms with van der Waals surface area (Å²) in [4.78, 5) is 6.55. The molecule has 20 heavy (non-hydrogen) atoms. The normalized spacial score (nSPS) is 10.4. The Balaban J connectivity index is 2.16. The number of ether oxygens (including phenoxy) is 1. The summed E-state index contributed by atoms with van der Waals surface area (Å²) in [6, 6.07) is 10.0. The zero-order valence-electron chi connectivity index (χ0n) is 11.6. The van der Waals surface area contributed by atoms with Crippen molar-refractivity contribution in [1.82, 2.24) is 4.98 Å². The highest BCUT2D eigenvalue weighted by atomic mass is 79.9. The highest BCUT2D eigenvalue weighted by Crippen LogP contribution is 2.22. The van der Waals surface area contributed by atoms with E-state index in [1.165, 1.54) is 5.56 Å². The second kappa shape index (κ2) is 6.72. The predicted molar refractivity (Wildman–Crippen MR) is 84.9 cm³/mol. The number of benzene rings is 1. The van der Waals surface area contributed by atoms with Gasteiger partial charge in [-0.15, -0.1) is 0 Å². The van der Waals surface area contributed by atoms with Gasteiger partial charge in [-0.2, -0.15) is 0 Å². The van der Waals surface area contributed by atoms with E-state index in [2.05, 4.69) is 37.9 Å². The first-order chi connectivity index (χ1) is 9.63. The molecule has 0 fully saturated rings. The molecule has 2 rings (SSSR count). The van der Waals surface area contributed by atoms with Crippen molar-refractivity contribution >= 4 is 21.7 Å². The molecular formula is C15H18BrN3O. The van der Waals surface area contributed by atoms with Crippen molar-refractivity contribution in [2.24, 2.45) is 5.73 Å². The quantitative estimate of drug-likeness (QED) is 0.912. The Hall–Kier alpha value is -1.59. The SMILES string of the molecule is COc1ccc(CN(C)c2ncc(Br)cc2CN)cc1. The molecule has 1 aromatic carbocycles. The van der Waals surface area contributed by atoms with E-state index in [0.717, 1.165) is 28.1 Å². The summed E-state index contributed by atoms with van der Waals surface area (Å²) in [7, 11) is 3.68. The van der Waals surface area contributed by atoms with E-state index < -0.39 is 0 Å². The average molecular weight is 336 g/mol. The summed E-state index contributed by atoms with van der Waals surface area (Å²) in [5.74, 6) is 1.77. The molecule has 1 heterocycles. The average Bonchev–Trinajstić information content (AvgIpc) is 2.47. The molecule has 4 nitrogen and oxygen atoms in total. The molecule has 1 aromatic heterocycles. The molecule has 0 aliphatic rings. The van der Waals surface area contributed by atoms with E-state index in [0.29, 0.717) is 6.54 Å². The molecular weight excluding hydrogens is 318 g/mol. The molecule has 2 aromatic rings. The Morgan fingerprint density at radius 2 is 2.00 bits per heavy atom. The third kappa shape index (κ3) is 3.49. The predicted octanol–water partition coefficient (Wildman–Crippen LogP) is 2.95. The smallest absolute Gasteiger partial charge is 0.133 e. The first-order valence-corrected chi connectivity index (χ1v) is 7.12. The molecule has 0 aliphatic carbocycles. The van der Waals surface area contributed by atoms with Crippen LogP contribution in [-0.2, 0) is 13.1 Å². The van der Waals surface area contributed by atoms with E-state index in [4.69, 9.17) is 10.5 Å². The Kier molecular flexibility index (Phi) is 4.98. The van der Waals surface area contributed by atoms with Gasteiger partial charge in [0, 0.05) is 36.4 Å². The van der Waals surface area contributed by atoms with E-state index in [1.807, 2.05) is 25.2 Å². The van der Waals surface area contributed by atoms with Crippen LogP contribution in [0.15, 0.2) is 41.0 Å². The third-order valence-corrected chi connectivity index (χ3v) is 3.50. The molecule has 2 N–H and O–H groups in total. The van der Waals surface area contributed by atoms with Crippen molar-refractivity contribution in [3.05, 3.63) is 52.1 Å². The molecule has 0 aliphatic heterocycles. The van der Waals surface area contributed by atoms with Crippen LogP contribution < -0.4 is 15.4 Å². The summed E-state index contributed by atoms with van der Waals surface area (Å²) in [5.41, 5.74) is 8.00. The summed E-state index contributed by atoms with van der Waals surface area (Å²) < 4.78 is 6.10. The fourth-order valence-corrected chi connectivity index (χ4v) is 2.43. The molecule has 0 bridgehead atoms. The van der Waals surface area contributed by atoms with Gasteiger partial charge < -0.3 is 15.4 Å². The van der Waals surface area contributed by atoms with Crippen molar-refractivity contribution < 1.29 is 4.74 Å². The van der Waals surface area contributed by atoms with Gasteiger partial charge in [0.15, 0.2) is 0 Å². The van der Waals surface area contributed by atoms with Gasteiger partial charge in [-0.1, -0.05) is 12.1 Å². The Morgan fingerprint density at radius 3 is 2.60 bits per heavy atom. The highest BCUT2D eigenvalue weighted by Gasteiger charge is 2.09. The van der Waals surface area contributed by atoms with Crippen LogP contribution in [0, 0.1) is 0 Å². The number of rotatable bonds is 5. The maximum Gasteiger partial charge on any atom is 0.133 e. The van der Waals surface area contributed by atoms with Gasteiger partial charge in [0.1, 0.15) is 11.6 Å². The molecule has 0 atom stereocenters. The fourth-order valence-electron chi connectivity index (χ4n) is 2.05. The zero-order chi connectivity index (χ0) is 14.5. The lowest BCUT2D eigenvalue weighted by Gasteiger charge is -2.21. The summed E-state index contributed by atoms with van der Waals surface area (Å²) in [6.45, 7) is 1.24. The first kappa shape index (κ1) is 14.8. The van der Waals surface area contributed by atoms with E-state index in [9.17, 15) is 0 Å². The summed E-state index contributed by atoms with van der Waals surface area (Å²) >= 11 is 3.42. The van der Waals surface area contributed by atoms with Crippen molar-refractivity contribution in [2.45, 2.75) is 13.1 Å². The Morgan fingerprint density at radius 1 is 1.30 bits per heavy atom. The first-order valence-electron chi connectivity index (χ1n) is 6.32. The van der Waals surface area contributed by atoms with Crippen LogP contribution in [0.25, 0.3) is 0 Å². The van der Waals surface area contributed by atoms with Crippen LogP contribution in [0.2, 0.25) is 0 Å². The van der Waals surface area contributed by atoms with Crippen LogP contribution >= 0.6 is 15.9 Å². The minimum Gasteiger partial charge on any atom is -0.497 e. The lowest BCUT2D eigenvalue weighted by atomic mass is 10.2. The molecule has 0 unspecified atom stereocenters. The second-order valence-electron chi connectivity index (χ2n) is 4.54. The van der Waals surface area contributed by atoms with Crippen LogP contribution in [0.1, 0.15) is 11.1 Å². The van der Waals surface area contributed by atoms with E-state index in [-0.39, 0.29) is 0 Å². The Bertz CT molecular complexity index is 572. The van der Waals surface area contributed by atoms with Crippen LogP contribution in [0.3, 0.4) is 0 Å². The van der Waals surface area contributed by atoms with Crippen LogP contribution in [-0.4, -0.2) is 19.1 Å². The standard InChI is InChI=1S/C15H18BrN3O/c1-19(10-11-3-5-14(20-2)6-4-11)15-12(8-17)7-13(16)9-18-15/h3-7,9H,8,10,17H2,1-2H3. The number of halogens is 1. The van der Waals surface area contributed by atoms with Crippen molar-refractivity contribution in [1.29, 1.82) is 0 Å². The van der Waals surface area contributed by atoms with Gasteiger partial charge in [0.2, 0.25) is 0 Å². The molecule has 0 saturated carbocycles. The minimum absolute atomic E-state index is 0.467. The van der Waals surface area contributed by atoms with Gasteiger partial charge >= 0.3 is 0 Å². The minimum atomic E-state index is 0.467. The maximum absolute atomic E-state index is 5.78. The van der Waals surface area contributed by atoms with Crippen molar-refractivity contribution in [2.75, 3.05) is 19.1 Å². The van der Waals surface area contributed by atoms with Crippen LogP contribution in [0.5, 0.6) is 5.75 Å². The number of anilines is 1. The van der Waals surface area contributed by atoms with E-state index >= 15 is 0 Å². The van der Waals surface area contributed by atoms with Gasteiger partial charge in [-0.3, -0.25) is 0 Å². The third-order valence-electron chi connectivity index (χ3n) is 3.07. The monoisotopic (exact) mass is 335 g/mol. The number of methoxy groups -OCH3 is 1. The van der Waals surface area contributed by atoms with Gasteiger partial charge in [0.25, 0.3) is 0 Å². The molecule has 5 heteroatoms. The molecule has 0 saturated heterocycles. The fraction of sp³-hybridized carbons (Fsp3) is 0.267. The zero-order valence-corrected chi connectivity index (χ0v) is 13.2. The molecule has 0 spiro atoms. The van der Waals surface area contributed by atoms with Gasteiger partial charge in [-0.25, -0.2) is 4.98 Å². The second-order valence-corrected chi connectivity index (χ2v) is 5.46. The van der Waals surface area contributed by atoms with Crippen molar-refractivity contribution in [3.63, 3.8) is 0 Å². The summed E-state index contributed by atoms with van der Waals surface area (Å²) in [5, 5.41) is 0. The van der Waals surface area contributed by atoms with Gasteiger partial charge in [0.05, 0.1) is 7.11 Å². The summed E-state index contributed by atoms with van der Waals surface area (Å²) in [6.07, 6.45) is 1.79. The van der Waals surface area contributed by atoms with E-state index in [1.54, 1.807) is 13.3 Å². The van der Waals surface area contributed by atoms with Gasteiger partial charge in [-0.05, 0) is 39.7 Å². The number of hydrogen-bond donors (Lipinski definition) is 1. The molecule has 106 valence electrons. The lowest BCUT2D eigenvalue weighted by Crippen LogP contribution is -2.20. The van der Waals surface area contributed by atoms with Crippen LogP contribution in [0.4, 0.5) is 5.82 Å². The number of nitrogens with two attached hydrogens (primary N) is 1. The largest absolute Gasteiger partial charge is 0.497 e. The number of aromatic nitrogens is 1. The number of pyridine rings is 1. The number of nitrogens with zero attached hydrogens (tertiary/aromatic N) is 2. The highest BCUT2D eigenvalue weighted by molar-refractivity contribution is 9.10. The van der Waals surface area contributed by atoms with Crippen molar-refractivity contribution in [3.8, 4) is 5.75 Å². The topological polar surface area (TPSA) is 51.4 Å².